The normalized spacial score (nSPS) is 10.5. The number of methoxy groups -OCH3 is 1. The third kappa shape index (κ3) is 5.77. The molecule has 3 rings (SSSR count). The monoisotopic (exact) mass is 388 g/mol. The van der Waals surface area contributed by atoms with Crippen LogP contribution in [0, 0.1) is 0 Å². The van der Waals surface area contributed by atoms with Gasteiger partial charge in [0.05, 0.1) is 18.9 Å². The van der Waals surface area contributed by atoms with Crippen LogP contribution in [0.5, 0.6) is 5.75 Å². The van der Waals surface area contributed by atoms with E-state index < -0.39 is 5.97 Å². The summed E-state index contributed by atoms with van der Waals surface area (Å²) in [6.07, 6.45) is 1.48. The van der Waals surface area contributed by atoms with Crippen molar-refractivity contribution in [2.45, 2.75) is 0 Å². The molecule has 0 saturated carbocycles. The predicted molar refractivity (Wildman–Crippen MR) is 111 cm³/mol. The average Bonchev–Trinajstić information content (AvgIpc) is 2.78. The van der Waals surface area contributed by atoms with Crippen molar-refractivity contribution in [2.24, 2.45) is 5.10 Å². The Balaban J connectivity index is 1.46. The first-order valence-corrected chi connectivity index (χ1v) is 8.94. The van der Waals surface area contributed by atoms with E-state index in [0.717, 1.165) is 16.7 Å². The van der Waals surface area contributed by atoms with Crippen molar-refractivity contribution >= 4 is 18.1 Å². The van der Waals surface area contributed by atoms with E-state index in [-0.39, 0.29) is 12.5 Å². The average molecular weight is 388 g/mol. The number of hydrazone groups is 1. The van der Waals surface area contributed by atoms with Crippen molar-refractivity contribution in [3.63, 3.8) is 0 Å². The molecule has 0 aliphatic rings. The summed E-state index contributed by atoms with van der Waals surface area (Å²) >= 11 is 0. The zero-order chi connectivity index (χ0) is 20.5. The van der Waals surface area contributed by atoms with Crippen LogP contribution in [0.4, 0.5) is 0 Å². The maximum atomic E-state index is 11.9. The largest absolute Gasteiger partial charge is 0.484 e. The Bertz CT molecular complexity index is 982. The van der Waals surface area contributed by atoms with Crippen molar-refractivity contribution in [1.29, 1.82) is 0 Å². The fourth-order valence-electron chi connectivity index (χ4n) is 2.56. The number of amides is 1. The van der Waals surface area contributed by atoms with Crippen LogP contribution in [0.25, 0.3) is 11.1 Å². The Morgan fingerprint density at radius 3 is 2.21 bits per heavy atom. The lowest BCUT2D eigenvalue weighted by Gasteiger charge is -2.06. The quantitative estimate of drug-likeness (QED) is 0.381. The highest BCUT2D eigenvalue weighted by molar-refractivity contribution is 5.90. The van der Waals surface area contributed by atoms with E-state index in [0.29, 0.717) is 11.3 Å². The van der Waals surface area contributed by atoms with E-state index in [4.69, 9.17) is 4.74 Å². The number of nitrogens with zero attached hydrogens (tertiary/aromatic N) is 1. The van der Waals surface area contributed by atoms with Crippen LogP contribution in [-0.4, -0.2) is 31.8 Å². The predicted octanol–water partition coefficient (Wildman–Crippen LogP) is 3.67. The molecule has 1 N–H and O–H groups in total. The molecule has 29 heavy (non-hydrogen) atoms. The molecule has 0 bridgehead atoms. The summed E-state index contributed by atoms with van der Waals surface area (Å²) in [5.41, 5.74) is 5.77. The first-order chi connectivity index (χ1) is 14.2. The molecule has 6 heteroatoms. The van der Waals surface area contributed by atoms with E-state index in [1.165, 1.54) is 13.3 Å². The van der Waals surface area contributed by atoms with Gasteiger partial charge in [0, 0.05) is 0 Å². The lowest BCUT2D eigenvalue weighted by molar-refractivity contribution is -0.123. The number of ether oxygens (including phenoxy) is 2. The zero-order valence-corrected chi connectivity index (χ0v) is 15.9. The first kappa shape index (κ1) is 19.8. The number of carbonyl (C=O) groups excluding carboxylic acids is 2. The Morgan fingerprint density at radius 2 is 1.55 bits per heavy atom. The van der Waals surface area contributed by atoms with E-state index >= 15 is 0 Å². The molecule has 0 heterocycles. The SMILES string of the molecule is COC(=O)c1ccc(/C=N/NC(=O)COc2ccc(-c3ccccc3)cc2)cc1. The van der Waals surface area contributed by atoms with E-state index in [2.05, 4.69) is 15.3 Å². The van der Waals surface area contributed by atoms with Gasteiger partial charge in [0.2, 0.25) is 0 Å². The summed E-state index contributed by atoms with van der Waals surface area (Å²) < 4.78 is 10.1. The maximum Gasteiger partial charge on any atom is 0.337 e. The minimum Gasteiger partial charge on any atom is -0.484 e. The molecule has 0 fully saturated rings. The topological polar surface area (TPSA) is 77.0 Å². The molecule has 0 spiro atoms. The minimum absolute atomic E-state index is 0.150. The van der Waals surface area contributed by atoms with Crippen LogP contribution in [0.1, 0.15) is 15.9 Å². The molecule has 146 valence electrons. The van der Waals surface area contributed by atoms with Crippen LogP contribution in [0.2, 0.25) is 0 Å². The van der Waals surface area contributed by atoms with Crippen LogP contribution in [0.3, 0.4) is 0 Å². The number of esters is 1. The Morgan fingerprint density at radius 1 is 0.897 bits per heavy atom. The van der Waals surface area contributed by atoms with Crippen molar-refractivity contribution in [3.8, 4) is 16.9 Å². The number of carbonyl (C=O) groups is 2. The molecule has 3 aromatic carbocycles. The van der Waals surface area contributed by atoms with Crippen molar-refractivity contribution in [3.05, 3.63) is 90.0 Å². The lowest BCUT2D eigenvalue weighted by atomic mass is 10.1. The molecule has 3 aromatic rings. The van der Waals surface area contributed by atoms with Crippen LogP contribution in [0.15, 0.2) is 84.0 Å². The van der Waals surface area contributed by atoms with Gasteiger partial charge in [-0.25, -0.2) is 10.2 Å². The highest BCUT2D eigenvalue weighted by Gasteiger charge is 2.04. The number of hydrogen-bond donors (Lipinski definition) is 1. The second kappa shape index (κ2) is 9.85. The molecule has 0 aliphatic carbocycles. The Hall–Kier alpha value is -3.93. The zero-order valence-electron chi connectivity index (χ0n) is 15.9. The summed E-state index contributed by atoms with van der Waals surface area (Å²) in [6, 6.07) is 24.2. The number of benzene rings is 3. The lowest BCUT2D eigenvalue weighted by Crippen LogP contribution is -2.24. The van der Waals surface area contributed by atoms with Crippen LogP contribution >= 0.6 is 0 Å². The summed E-state index contributed by atoms with van der Waals surface area (Å²) in [5.74, 6) is -0.183. The summed E-state index contributed by atoms with van der Waals surface area (Å²) in [6.45, 7) is -0.150. The van der Waals surface area contributed by atoms with Gasteiger partial charge in [-0.2, -0.15) is 5.10 Å². The highest BCUT2D eigenvalue weighted by atomic mass is 16.5. The van der Waals surface area contributed by atoms with Crippen molar-refractivity contribution in [2.75, 3.05) is 13.7 Å². The van der Waals surface area contributed by atoms with Gasteiger partial charge in [-0.05, 0) is 41.0 Å². The van der Waals surface area contributed by atoms with Gasteiger partial charge < -0.3 is 9.47 Å². The highest BCUT2D eigenvalue weighted by Crippen LogP contribution is 2.21. The Labute approximate surface area is 168 Å². The minimum atomic E-state index is -0.407. The maximum absolute atomic E-state index is 11.9. The molecular weight excluding hydrogens is 368 g/mol. The Kier molecular flexibility index (Phi) is 6.73. The van der Waals surface area contributed by atoms with E-state index in [1.807, 2.05) is 54.6 Å². The molecular formula is C23H20N2O4. The molecule has 1 amide bonds. The van der Waals surface area contributed by atoms with Gasteiger partial charge in [0.15, 0.2) is 6.61 Å². The smallest absolute Gasteiger partial charge is 0.337 e. The molecule has 0 atom stereocenters. The summed E-state index contributed by atoms with van der Waals surface area (Å²) in [4.78, 5) is 23.2. The molecule has 0 aromatic heterocycles. The van der Waals surface area contributed by atoms with Gasteiger partial charge >= 0.3 is 5.97 Å². The first-order valence-electron chi connectivity index (χ1n) is 8.94. The van der Waals surface area contributed by atoms with Gasteiger partial charge in [-0.15, -0.1) is 0 Å². The standard InChI is InChI=1S/C23H20N2O4/c1-28-23(27)20-9-7-17(8-10-20)15-24-25-22(26)16-29-21-13-11-19(12-14-21)18-5-3-2-4-6-18/h2-15H,16H2,1H3,(H,25,26)/b24-15+. The second-order valence-corrected chi connectivity index (χ2v) is 6.09. The van der Waals surface area contributed by atoms with Crippen LogP contribution < -0.4 is 10.2 Å². The van der Waals surface area contributed by atoms with Gasteiger partial charge in [0.1, 0.15) is 5.75 Å². The van der Waals surface area contributed by atoms with E-state index in [1.54, 1.807) is 24.3 Å². The second-order valence-electron chi connectivity index (χ2n) is 6.09. The molecule has 0 radical (unpaired) electrons. The molecule has 0 saturated heterocycles. The molecule has 6 nitrogen and oxygen atoms in total. The van der Waals surface area contributed by atoms with Crippen molar-refractivity contribution < 1.29 is 19.1 Å². The number of nitrogens with one attached hydrogen (secondary N) is 1. The summed E-state index contributed by atoms with van der Waals surface area (Å²) in [7, 11) is 1.33. The van der Waals surface area contributed by atoms with Gasteiger partial charge in [0.25, 0.3) is 5.91 Å². The molecule has 0 aliphatic heterocycles. The third-order valence-corrected chi connectivity index (χ3v) is 4.07. The van der Waals surface area contributed by atoms with Gasteiger partial charge in [-0.1, -0.05) is 54.6 Å². The van der Waals surface area contributed by atoms with Gasteiger partial charge in [-0.3, -0.25) is 4.79 Å². The van der Waals surface area contributed by atoms with Crippen molar-refractivity contribution in [1.82, 2.24) is 5.43 Å². The summed E-state index contributed by atoms with van der Waals surface area (Å²) in [5, 5.41) is 3.88. The third-order valence-electron chi connectivity index (χ3n) is 4.07. The van der Waals surface area contributed by atoms with Crippen LogP contribution in [-0.2, 0) is 9.53 Å². The van der Waals surface area contributed by atoms with E-state index in [9.17, 15) is 9.59 Å². The molecule has 0 unspecified atom stereocenters. The number of rotatable bonds is 7. The number of hydrogen-bond acceptors (Lipinski definition) is 5. The fourth-order valence-corrected chi connectivity index (χ4v) is 2.56. The fraction of sp³-hybridized carbons (Fsp3) is 0.0870.